The van der Waals surface area contributed by atoms with Crippen molar-refractivity contribution >= 4 is 11.7 Å². The van der Waals surface area contributed by atoms with Crippen molar-refractivity contribution in [3.8, 4) is 11.3 Å². The molecule has 0 bridgehead atoms. The molecule has 7 heteroatoms. The Morgan fingerprint density at radius 3 is 2.34 bits per heavy atom. The number of aliphatic imine (C=N–C) groups is 1. The molecule has 29 heavy (non-hydrogen) atoms. The van der Waals surface area contributed by atoms with Gasteiger partial charge in [-0.25, -0.2) is 9.79 Å². The molecule has 146 valence electrons. The quantitative estimate of drug-likeness (QED) is 0.645. The van der Waals surface area contributed by atoms with Gasteiger partial charge in [-0.1, -0.05) is 59.7 Å². The number of hydrogen-bond donors (Lipinski definition) is 0. The number of rotatable bonds is 3. The normalized spacial score (nSPS) is 23.4. The summed E-state index contributed by atoms with van der Waals surface area (Å²) in [7, 11) is 0. The van der Waals surface area contributed by atoms with Crippen molar-refractivity contribution in [3.63, 3.8) is 0 Å². The molecule has 0 radical (unpaired) electrons. The fourth-order valence-corrected chi connectivity index (χ4v) is 3.64. The van der Waals surface area contributed by atoms with Gasteiger partial charge in [-0.05, 0) is 19.4 Å². The monoisotopic (exact) mass is 388 g/mol. The van der Waals surface area contributed by atoms with E-state index in [4.69, 9.17) is 14.5 Å². The van der Waals surface area contributed by atoms with Gasteiger partial charge in [-0.2, -0.15) is 15.0 Å². The van der Waals surface area contributed by atoms with Crippen molar-refractivity contribution < 1.29 is 14.3 Å². The predicted molar refractivity (Wildman–Crippen MR) is 107 cm³/mol. The molecule has 2 unspecified atom stereocenters. The van der Waals surface area contributed by atoms with Gasteiger partial charge >= 0.3 is 5.97 Å². The van der Waals surface area contributed by atoms with Gasteiger partial charge in [0.05, 0.1) is 18.5 Å². The highest BCUT2D eigenvalue weighted by Crippen LogP contribution is 2.39. The Morgan fingerprint density at radius 1 is 1.00 bits per heavy atom. The highest BCUT2D eigenvalue weighted by Gasteiger charge is 2.57. The van der Waals surface area contributed by atoms with Crippen molar-refractivity contribution in [2.45, 2.75) is 25.6 Å². The first-order valence-corrected chi connectivity index (χ1v) is 9.49. The number of benzene rings is 2. The number of ether oxygens (including phenoxy) is 2. The van der Waals surface area contributed by atoms with E-state index in [1.165, 1.54) is 10.4 Å². The molecular weight excluding hydrogens is 368 g/mol. The number of nitrogens with zero attached hydrogens (tertiary/aromatic N) is 4. The topological polar surface area (TPSA) is 78.6 Å². The van der Waals surface area contributed by atoms with E-state index in [-0.39, 0.29) is 6.61 Å². The summed E-state index contributed by atoms with van der Waals surface area (Å²) in [6.45, 7) is 4.42. The van der Waals surface area contributed by atoms with Crippen LogP contribution in [0.4, 0.5) is 0 Å². The van der Waals surface area contributed by atoms with Crippen LogP contribution in [0.25, 0.3) is 11.3 Å². The van der Waals surface area contributed by atoms with Crippen LogP contribution in [-0.4, -0.2) is 45.6 Å². The van der Waals surface area contributed by atoms with Crippen molar-refractivity contribution in [1.29, 1.82) is 0 Å². The second kappa shape index (κ2) is 6.63. The summed E-state index contributed by atoms with van der Waals surface area (Å²) in [5.41, 5.74) is 4.57. The van der Waals surface area contributed by atoms with E-state index < -0.39 is 17.7 Å². The number of aryl methyl sites for hydroxylation is 2. The van der Waals surface area contributed by atoms with E-state index in [9.17, 15) is 4.79 Å². The second-order valence-corrected chi connectivity index (χ2v) is 7.48. The average Bonchev–Trinajstić information content (AvgIpc) is 3.43. The lowest BCUT2D eigenvalue weighted by atomic mass is 10.1. The molecule has 3 heterocycles. The molecule has 2 aromatic carbocycles. The zero-order valence-corrected chi connectivity index (χ0v) is 16.2. The molecular formula is C22H20N4O3. The Morgan fingerprint density at radius 2 is 1.66 bits per heavy atom. The van der Waals surface area contributed by atoms with E-state index in [1.54, 1.807) is 6.20 Å². The largest absolute Gasteiger partial charge is 0.459 e. The molecule has 1 spiro atoms. The van der Waals surface area contributed by atoms with Gasteiger partial charge in [0.25, 0.3) is 0 Å². The number of carbonyl (C=O) groups is 1. The lowest BCUT2D eigenvalue weighted by Crippen LogP contribution is -2.39. The molecule has 0 saturated carbocycles. The van der Waals surface area contributed by atoms with Crippen molar-refractivity contribution in [2.75, 3.05) is 13.2 Å². The van der Waals surface area contributed by atoms with Crippen LogP contribution in [0.2, 0.25) is 0 Å². The molecule has 1 fully saturated rings. The number of cyclic esters (lactones) is 1. The zero-order chi connectivity index (χ0) is 20.0. The minimum Gasteiger partial charge on any atom is -0.459 e. The van der Waals surface area contributed by atoms with Crippen LogP contribution in [-0.2, 0) is 14.3 Å². The maximum Gasteiger partial charge on any atom is 0.338 e. The van der Waals surface area contributed by atoms with E-state index in [0.29, 0.717) is 12.3 Å². The summed E-state index contributed by atoms with van der Waals surface area (Å²) < 4.78 is 11.3. The summed E-state index contributed by atoms with van der Waals surface area (Å²) in [4.78, 5) is 18.7. The van der Waals surface area contributed by atoms with Crippen LogP contribution >= 0.6 is 0 Å². The van der Waals surface area contributed by atoms with Crippen LogP contribution in [0.15, 0.2) is 59.7 Å². The molecule has 3 aromatic rings. The molecule has 5 rings (SSSR count). The highest BCUT2D eigenvalue weighted by atomic mass is 16.6. The molecule has 0 amide bonds. The summed E-state index contributed by atoms with van der Waals surface area (Å²) in [5, 5.41) is 8.86. The molecule has 1 aromatic heterocycles. The zero-order valence-electron chi connectivity index (χ0n) is 16.2. The third-order valence-electron chi connectivity index (χ3n) is 5.33. The van der Waals surface area contributed by atoms with E-state index >= 15 is 0 Å². The van der Waals surface area contributed by atoms with Gasteiger partial charge in [-0.15, -0.1) is 0 Å². The van der Waals surface area contributed by atoms with Crippen LogP contribution in [0.5, 0.6) is 0 Å². The van der Waals surface area contributed by atoms with Gasteiger partial charge in [0.15, 0.2) is 0 Å². The van der Waals surface area contributed by atoms with E-state index in [1.807, 2.05) is 62.4 Å². The van der Waals surface area contributed by atoms with Gasteiger partial charge in [0.2, 0.25) is 11.8 Å². The minimum atomic E-state index is -1.14. The Labute approximate surface area is 168 Å². The molecule has 1 saturated heterocycles. The standard InChI is InChI=1S/C22H20N4O3/c1-14-3-7-16(8-4-14)18-11-23-26(25-18)20-21(27)28-13-22(20)24-19(12-29-22)17-9-5-15(2)6-10-17/h3-11,20H,12-13H2,1-2H3. The Balaban J connectivity index is 1.49. The summed E-state index contributed by atoms with van der Waals surface area (Å²) in [5.74, 6) is -0.440. The molecule has 0 N–H and O–H groups in total. The Bertz CT molecular complexity index is 1100. The van der Waals surface area contributed by atoms with Crippen LogP contribution in [0.1, 0.15) is 22.7 Å². The first kappa shape index (κ1) is 17.8. The average molecular weight is 388 g/mol. The van der Waals surface area contributed by atoms with E-state index in [2.05, 4.69) is 10.2 Å². The number of carbonyl (C=O) groups excluding carboxylic acids is 1. The number of esters is 1. The van der Waals surface area contributed by atoms with Gasteiger partial charge in [0, 0.05) is 5.56 Å². The highest BCUT2D eigenvalue weighted by molar-refractivity contribution is 6.03. The number of aromatic nitrogens is 3. The van der Waals surface area contributed by atoms with Crippen LogP contribution < -0.4 is 0 Å². The SMILES string of the molecule is Cc1ccc(C2=NC3(COC(=O)C3n3ncc(-c4ccc(C)cc4)n3)OC2)cc1. The Kier molecular flexibility index (Phi) is 4.06. The third kappa shape index (κ3) is 3.03. The second-order valence-electron chi connectivity index (χ2n) is 7.48. The van der Waals surface area contributed by atoms with Crippen LogP contribution in [0.3, 0.4) is 0 Å². The molecule has 2 aliphatic rings. The number of hydrogen-bond acceptors (Lipinski definition) is 6. The smallest absolute Gasteiger partial charge is 0.338 e. The van der Waals surface area contributed by atoms with Gasteiger partial charge < -0.3 is 9.47 Å². The molecule has 7 nitrogen and oxygen atoms in total. The summed E-state index contributed by atoms with van der Waals surface area (Å²) in [6, 6.07) is 15.2. The summed E-state index contributed by atoms with van der Waals surface area (Å²) >= 11 is 0. The summed E-state index contributed by atoms with van der Waals surface area (Å²) in [6.07, 6.45) is 1.64. The van der Waals surface area contributed by atoms with Crippen molar-refractivity contribution in [2.24, 2.45) is 4.99 Å². The Hall–Kier alpha value is -3.32. The van der Waals surface area contributed by atoms with E-state index in [0.717, 1.165) is 22.4 Å². The lowest BCUT2D eigenvalue weighted by molar-refractivity contribution is -0.141. The van der Waals surface area contributed by atoms with Crippen LogP contribution in [0, 0.1) is 13.8 Å². The third-order valence-corrected chi connectivity index (χ3v) is 5.33. The fraction of sp³-hybridized carbons (Fsp3) is 0.273. The molecule has 0 aliphatic carbocycles. The first-order valence-electron chi connectivity index (χ1n) is 9.49. The maximum absolute atomic E-state index is 12.5. The van der Waals surface area contributed by atoms with Crippen molar-refractivity contribution in [1.82, 2.24) is 15.0 Å². The molecule has 2 aliphatic heterocycles. The fourth-order valence-electron chi connectivity index (χ4n) is 3.64. The maximum atomic E-state index is 12.5. The first-order chi connectivity index (χ1) is 14.0. The van der Waals surface area contributed by atoms with Gasteiger partial charge in [0.1, 0.15) is 12.3 Å². The molecule has 2 atom stereocenters. The lowest BCUT2D eigenvalue weighted by Gasteiger charge is -2.21. The predicted octanol–water partition coefficient (Wildman–Crippen LogP) is 2.88. The van der Waals surface area contributed by atoms with Gasteiger partial charge in [-0.3, -0.25) is 0 Å². The van der Waals surface area contributed by atoms with Crippen molar-refractivity contribution in [3.05, 3.63) is 71.4 Å². The minimum absolute atomic E-state index is 0.0489.